The predicted octanol–water partition coefficient (Wildman–Crippen LogP) is 4.68. The largest absolute Gasteiger partial charge is 0.493 e. The number of rotatable bonds is 7. The molecule has 0 bridgehead atoms. The van der Waals surface area contributed by atoms with E-state index in [9.17, 15) is 4.79 Å². The summed E-state index contributed by atoms with van der Waals surface area (Å²) in [5.41, 5.74) is 1.45. The number of ether oxygens (including phenoxy) is 2. The lowest BCUT2D eigenvalue weighted by Crippen LogP contribution is -2.45. The Morgan fingerprint density at radius 2 is 1.94 bits per heavy atom. The third kappa shape index (κ3) is 4.97. The van der Waals surface area contributed by atoms with Gasteiger partial charge in [-0.05, 0) is 50.1 Å². The Labute approximate surface area is 187 Å². The number of nitrogens with one attached hydrogen (secondary N) is 1. The lowest BCUT2D eigenvalue weighted by molar-refractivity contribution is 0.0879. The summed E-state index contributed by atoms with van der Waals surface area (Å²) in [5.74, 6) is 1.65. The second-order valence-corrected chi connectivity index (χ2v) is 8.22. The zero-order valence-corrected chi connectivity index (χ0v) is 18.6. The van der Waals surface area contributed by atoms with Crippen molar-refractivity contribution in [1.82, 2.24) is 10.2 Å². The average molecular weight is 443 g/mol. The fraction of sp³-hybridized carbons (Fsp3) is 0.375. The van der Waals surface area contributed by atoms with Crippen LogP contribution in [0.2, 0.25) is 5.02 Å². The second kappa shape index (κ2) is 9.62. The molecule has 1 aliphatic heterocycles. The van der Waals surface area contributed by atoms with Crippen molar-refractivity contribution in [3.05, 3.63) is 58.8 Å². The summed E-state index contributed by atoms with van der Waals surface area (Å²) < 4.78 is 17.0. The molecule has 2 heterocycles. The molecule has 164 valence electrons. The van der Waals surface area contributed by atoms with Gasteiger partial charge in [-0.3, -0.25) is 9.69 Å². The lowest BCUT2D eigenvalue weighted by Gasteiger charge is -2.32. The maximum atomic E-state index is 12.8. The van der Waals surface area contributed by atoms with Crippen molar-refractivity contribution in [2.45, 2.75) is 25.8 Å². The van der Waals surface area contributed by atoms with Gasteiger partial charge in [0.25, 0.3) is 5.91 Å². The summed E-state index contributed by atoms with van der Waals surface area (Å²) in [7, 11) is 1.60. The van der Waals surface area contributed by atoms with Crippen LogP contribution in [0.25, 0.3) is 11.0 Å². The molecule has 1 aliphatic rings. The van der Waals surface area contributed by atoms with Crippen LogP contribution in [0.3, 0.4) is 0 Å². The van der Waals surface area contributed by atoms with E-state index in [2.05, 4.69) is 10.2 Å². The van der Waals surface area contributed by atoms with Crippen LogP contribution in [0.15, 0.2) is 46.9 Å². The maximum Gasteiger partial charge on any atom is 0.287 e. The number of carbonyl (C=O) groups excluding carboxylic acids is 1. The number of likely N-dealkylation sites (tertiary alicyclic amines) is 1. The Morgan fingerprint density at radius 1 is 1.19 bits per heavy atom. The van der Waals surface area contributed by atoms with Crippen LogP contribution in [0.1, 0.15) is 29.0 Å². The highest BCUT2D eigenvalue weighted by Crippen LogP contribution is 2.32. The molecule has 1 N–H and O–H groups in total. The van der Waals surface area contributed by atoms with Gasteiger partial charge >= 0.3 is 0 Å². The van der Waals surface area contributed by atoms with E-state index in [0.717, 1.165) is 49.2 Å². The number of fused-ring (bicyclic) bond motifs is 1. The minimum atomic E-state index is -0.166. The molecule has 0 saturated carbocycles. The number of aryl methyl sites for hydroxylation is 1. The van der Waals surface area contributed by atoms with E-state index in [-0.39, 0.29) is 11.9 Å². The summed E-state index contributed by atoms with van der Waals surface area (Å²) in [6.45, 7) is 5.22. The number of carbonyl (C=O) groups is 1. The molecule has 1 aromatic heterocycles. The number of para-hydroxylation sites is 1. The third-order valence-corrected chi connectivity index (χ3v) is 6.02. The average Bonchev–Trinajstić information content (AvgIpc) is 3.13. The molecule has 7 heteroatoms. The number of piperidine rings is 1. The van der Waals surface area contributed by atoms with Gasteiger partial charge in [-0.15, -0.1) is 0 Å². The first-order chi connectivity index (χ1) is 15.0. The second-order valence-electron chi connectivity index (χ2n) is 7.78. The molecule has 1 fully saturated rings. The molecule has 2 aromatic carbocycles. The number of amides is 1. The molecule has 4 rings (SSSR count). The first-order valence-corrected chi connectivity index (χ1v) is 10.9. The summed E-state index contributed by atoms with van der Waals surface area (Å²) in [6, 6.07) is 13.2. The van der Waals surface area contributed by atoms with Gasteiger partial charge in [0.2, 0.25) is 0 Å². The van der Waals surface area contributed by atoms with Crippen LogP contribution < -0.4 is 14.8 Å². The fourth-order valence-electron chi connectivity index (χ4n) is 3.97. The zero-order valence-electron chi connectivity index (χ0n) is 17.8. The van der Waals surface area contributed by atoms with Gasteiger partial charge in [0.05, 0.1) is 7.11 Å². The van der Waals surface area contributed by atoms with E-state index in [4.69, 9.17) is 25.5 Å². The Hall–Kier alpha value is -2.70. The van der Waals surface area contributed by atoms with E-state index in [1.165, 1.54) is 0 Å². The van der Waals surface area contributed by atoms with E-state index < -0.39 is 0 Å². The molecule has 0 radical (unpaired) electrons. The number of nitrogens with zero attached hydrogens (tertiary/aromatic N) is 1. The third-order valence-electron chi connectivity index (χ3n) is 5.77. The van der Waals surface area contributed by atoms with E-state index in [1.54, 1.807) is 7.11 Å². The number of hydrogen-bond donors (Lipinski definition) is 1. The summed E-state index contributed by atoms with van der Waals surface area (Å²) >= 11 is 5.89. The summed E-state index contributed by atoms with van der Waals surface area (Å²) in [4.78, 5) is 15.2. The van der Waals surface area contributed by atoms with Crippen LogP contribution in [-0.2, 0) is 0 Å². The predicted molar refractivity (Wildman–Crippen MR) is 121 cm³/mol. The highest BCUT2D eigenvalue weighted by atomic mass is 35.5. The lowest BCUT2D eigenvalue weighted by atomic mass is 10.0. The number of methoxy groups -OCH3 is 1. The van der Waals surface area contributed by atoms with Crippen LogP contribution in [-0.4, -0.2) is 50.2 Å². The Bertz CT molecular complexity index is 1040. The van der Waals surface area contributed by atoms with Crippen LogP contribution in [0.4, 0.5) is 0 Å². The molecule has 1 amide bonds. The molecular weight excluding hydrogens is 416 g/mol. The van der Waals surface area contributed by atoms with Crippen molar-refractivity contribution in [2.24, 2.45) is 0 Å². The molecule has 6 nitrogen and oxygen atoms in total. The molecule has 1 saturated heterocycles. The molecule has 0 aliphatic carbocycles. The van der Waals surface area contributed by atoms with Gasteiger partial charge in [0, 0.05) is 41.6 Å². The number of furan rings is 1. The van der Waals surface area contributed by atoms with Crippen LogP contribution in [0, 0.1) is 6.92 Å². The van der Waals surface area contributed by atoms with Crippen LogP contribution >= 0.6 is 11.6 Å². The van der Waals surface area contributed by atoms with Gasteiger partial charge in [0.15, 0.2) is 17.1 Å². The van der Waals surface area contributed by atoms with Crippen molar-refractivity contribution in [3.8, 4) is 11.5 Å². The Balaban J connectivity index is 1.27. The van der Waals surface area contributed by atoms with Gasteiger partial charge in [-0.25, -0.2) is 0 Å². The minimum Gasteiger partial charge on any atom is -0.493 e. The highest BCUT2D eigenvalue weighted by Gasteiger charge is 2.25. The van der Waals surface area contributed by atoms with Crippen molar-refractivity contribution >= 4 is 28.5 Å². The van der Waals surface area contributed by atoms with Crippen molar-refractivity contribution < 1.29 is 18.7 Å². The van der Waals surface area contributed by atoms with Crippen molar-refractivity contribution in [1.29, 1.82) is 0 Å². The first kappa shape index (κ1) is 21.5. The molecule has 3 aromatic rings. The Kier molecular flexibility index (Phi) is 6.68. The van der Waals surface area contributed by atoms with Gasteiger partial charge in [0.1, 0.15) is 12.4 Å². The standard InChI is InChI=1S/C24H27ClN2O4/c1-16-20-4-3-5-21(29-2)23(20)31-22(16)24(28)26-18-10-12-27(13-11-18)14-15-30-19-8-6-17(25)7-9-19/h3-9,18H,10-15H2,1-2H3,(H,26,28). The molecule has 0 atom stereocenters. The highest BCUT2D eigenvalue weighted by molar-refractivity contribution is 6.30. The quantitative estimate of drug-likeness (QED) is 0.575. The van der Waals surface area contributed by atoms with Crippen molar-refractivity contribution in [2.75, 3.05) is 33.4 Å². The van der Waals surface area contributed by atoms with E-state index in [0.29, 0.717) is 28.7 Å². The normalized spacial score (nSPS) is 15.2. The molecule has 31 heavy (non-hydrogen) atoms. The molecule has 0 unspecified atom stereocenters. The number of hydrogen-bond acceptors (Lipinski definition) is 5. The molecular formula is C24H27ClN2O4. The zero-order chi connectivity index (χ0) is 21.8. The van der Waals surface area contributed by atoms with E-state index in [1.807, 2.05) is 49.4 Å². The Morgan fingerprint density at radius 3 is 2.65 bits per heavy atom. The molecule has 0 spiro atoms. The monoisotopic (exact) mass is 442 g/mol. The van der Waals surface area contributed by atoms with Crippen LogP contribution in [0.5, 0.6) is 11.5 Å². The van der Waals surface area contributed by atoms with Gasteiger partial charge < -0.3 is 19.2 Å². The fourth-order valence-corrected chi connectivity index (χ4v) is 4.10. The maximum absolute atomic E-state index is 12.8. The number of halogens is 1. The SMILES string of the molecule is COc1cccc2c(C)c(C(=O)NC3CCN(CCOc4ccc(Cl)cc4)CC3)oc12. The van der Waals surface area contributed by atoms with E-state index >= 15 is 0 Å². The summed E-state index contributed by atoms with van der Waals surface area (Å²) in [6.07, 6.45) is 1.80. The topological polar surface area (TPSA) is 63.9 Å². The number of benzene rings is 2. The van der Waals surface area contributed by atoms with Crippen molar-refractivity contribution in [3.63, 3.8) is 0 Å². The van der Waals surface area contributed by atoms with Gasteiger partial charge in [-0.2, -0.15) is 0 Å². The first-order valence-electron chi connectivity index (χ1n) is 10.5. The smallest absolute Gasteiger partial charge is 0.287 e. The van der Waals surface area contributed by atoms with Gasteiger partial charge in [-0.1, -0.05) is 23.7 Å². The summed E-state index contributed by atoms with van der Waals surface area (Å²) in [5, 5.41) is 4.74. The minimum absolute atomic E-state index is 0.135.